The molecule has 1 aromatic rings. The largest absolute Gasteiger partial charge is 0.508 e. The van der Waals surface area contributed by atoms with E-state index in [9.17, 15) is 40.5 Å². The van der Waals surface area contributed by atoms with E-state index in [1.54, 1.807) is 13.0 Å². The van der Waals surface area contributed by atoms with Gasteiger partial charge in [-0.15, -0.1) is 6.58 Å². The molecule has 0 radical (unpaired) electrons. The van der Waals surface area contributed by atoms with Crippen LogP contribution in [0.25, 0.3) is 0 Å². The van der Waals surface area contributed by atoms with Crippen LogP contribution >= 0.6 is 0 Å². The Morgan fingerprint density at radius 3 is 2.50 bits per heavy atom. The van der Waals surface area contributed by atoms with E-state index < -0.39 is 80.1 Å². The Morgan fingerprint density at radius 1 is 1.20 bits per heavy atom. The van der Waals surface area contributed by atoms with E-state index in [2.05, 4.69) is 6.58 Å². The van der Waals surface area contributed by atoms with Gasteiger partial charge in [0.15, 0.2) is 18.0 Å². The van der Waals surface area contributed by atoms with Gasteiger partial charge in [0.25, 0.3) is 0 Å². The number of esters is 1. The standard InChI is InChI=1S/C27H38O13/c1-4-26(3,34)11-5-6-15(2)23(33)36-13-27(35)14-37-25(22(27)32)40-21-20(31)19(30)18(12-28)39-24(21)38-17-9-7-16(29)8-10-17/h4,6-10,18-22,24-25,28-32,34-35H,1,5,11-14H2,2-3H3. The van der Waals surface area contributed by atoms with Crippen LogP contribution in [0.4, 0.5) is 0 Å². The second-order valence-electron chi connectivity index (χ2n) is 10.2. The third-order valence-electron chi connectivity index (χ3n) is 6.83. The SMILES string of the molecule is C=CC(C)(O)CCC=C(C)C(=O)OCC1(O)COC(OC2C(Oc3ccc(O)cc3)OC(CO)C(O)C2O)C1O. The van der Waals surface area contributed by atoms with Crippen molar-refractivity contribution < 1.29 is 64.2 Å². The molecule has 2 fully saturated rings. The first-order valence-corrected chi connectivity index (χ1v) is 12.8. The molecule has 0 spiro atoms. The van der Waals surface area contributed by atoms with Crippen molar-refractivity contribution in [3.8, 4) is 11.5 Å². The lowest BCUT2D eigenvalue weighted by atomic mass is 9.98. The number of hydrogen-bond donors (Lipinski definition) is 7. The van der Waals surface area contributed by atoms with E-state index in [0.717, 1.165) is 0 Å². The zero-order valence-electron chi connectivity index (χ0n) is 22.3. The molecule has 2 aliphatic heterocycles. The fraction of sp³-hybridized carbons (Fsp3) is 0.593. The highest BCUT2D eigenvalue weighted by molar-refractivity contribution is 5.87. The molecular weight excluding hydrogens is 532 g/mol. The van der Waals surface area contributed by atoms with Gasteiger partial charge < -0.3 is 59.4 Å². The third kappa shape index (κ3) is 7.78. The van der Waals surface area contributed by atoms with Gasteiger partial charge in [0.1, 0.15) is 42.5 Å². The molecule has 9 unspecified atom stereocenters. The van der Waals surface area contributed by atoms with Crippen molar-refractivity contribution in [1.82, 2.24) is 0 Å². The smallest absolute Gasteiger partial charge is 0.333 e. The summed E-state index contributed by atoms with van der Waals surface area (Å²) in [5.74, 6) is -0.577. The second-order valence-corrected chi connectivity index (χ2v) is 10.2. The van der Waals surface area contributed by atoms with Crippen molar-refractivity contribution >= 4 is 5.97 Å². The number of carbonyl (C=O) groups excluding carboxylic acids is 1. The number of carbonyl (C=O) groups is 1. The molecule has 3 rings (SSSR count). The van der Waals surface area contributed by atoms with E-state index in [4.69, 9.17) is 23.7 Å². The molecule has 0 bridgehead atoms. The molecule has 2 aliphatic rings. The van der Waals surface area contributed by atoms with Crippen molar-refractivity contribution in [3.63, 3.8) is 0 Å². The zero-order chi connectivity index (χ0) is 29.7. The average Bonchev–Trinajstić information content (AvgIpc) is 3.21. The van der Waals surface area contributed by atoms with Crippen molar-refractivity contribution in [2.45, 2.75) is 81.0 Å². The Morgan fingerprint density at radius 2 is 1.88 bits per heavy atom. The number of aliphatic hydroxyl groups is 6. The lowest BCUT2D eigenvalue weighted by Gasteiger charge is -2.42. The molecule has 2 heterocycles. The minimum absolute atomic E-state index is 0.0256. The van der Waals surface area contributed by atoms with Crippen LogP contribution in [0.1, 0.15) is 26.7 Å². The summed E-state index contributed by atoms with van der Waals surface area (Å²) in [6, 6.07) is 5.51. The highest BCUT2D eigenvalue weighted by Gasteiger charge is 2.54. The Labute approximate surface area is 231 Å². The van der Waals surface area contributed by atoms with E-state index in [1.165, 1.54) is 37.3 Å². The number of rotatable bonds is 12. The first kappa shape index (κ1) is 31.9. The molecular formula is C27H38O13. The van der Waals surface area contributed by atoms with Crippen molar-refractivity contribution in [3.05, 3.63) is 48.6 Å². The van der Waals surface area contributed by atoms with Crippen molar-refractivity contribution in [1.29, 1.82) is 0 Å². The number of phenols is 1. The summed E-state index contributed by atoms with van der Waals surface area (Å²) in [5, 5.41) is 71.7. The molecule has 2 saturated heterocycles. The molecule has 13 heteroatoms. The summed E-state index contributed by atoms with van der Waals surface area (Å²) < 4.78 is 27.5. The minimum Gasteiger partial charge on any atom is -0.508 e. The maximum absolute atomic E-state index is 12.4. The van der Waals surface area contributed by atoms with Gasteiger partial charge in [0, 0.05) is 5.57 Å². The molecule has 13 nitrogen and oxygen atoms in total. The summed E-state index contributed by atoms with van der Waals surface area (Å²) in [4.78, 5) is 12.4. The van der Waals surface area contributed by atoms with Crippen LogP contribution in [-0.4, -0.2) is 116 Å². The molecule has 0 aliphatic carbocycles. The maximum Gasteiger partial charge on any atom is 0.333 e. The Kier molecular flexibility index (Phi) is 10.7. The number of allylic oxidation sites excluding steroid dienone is 1. The van der Waals surface area contributed by atoms with Gasteiger partial charge in [-0.05, 0) is 51.0 Å². The summed E-state index contributed by atoms with van der Waals surface area (Å²) in [5.41, 5.74) is -2.92. The molecule has 7 N–H and O–H groups in total. The summed E-state index contributed by atoms with van der Waals surface area (Å²) in [7, 11) is 0. The molecule has 1 aromatic carbocycles. The predicted molar refractivity (Wildman–Crippen MR) is 137 cm³/mol. The highest BCUT2D eigenvalue weighted by atomic mass is 16.8. The molecule has 0 aromatic heterocycles. The maximum atomic E-state index is 12.4. The lowest BCUT2D eigenvalue weighted by Crippen LogP contribution is -2.62. The highest BCUT2D eigenvalue weighted by Crippen LogP contribution is 2.32. The second kappa shape index (κ2) is 13.4. The van der Waals surface area contributed by atoms with Crippen molar-refractivity contribution in [2.24, 2.45) is 0 Å². The quantitative estimate of drug-likeness (QED) is 0.0940. The van der Waals surface area contributed by atoms with E-state index in [-0.39, 0.29) is 17.1 Å². The number of aromatic hydroxyl groups is 1. The van der Waals surface area contributed by atoms with Crippen molar-refractivity contribution in [2.75, 3.05) is 19.8 Å². The zero-order valence-corrected chi connectivity index (χ0v) is 22.3. The van der Waals surface area contributed by atoms with E-state index in [1.807, 2.05) is 0 Å². The minimum atomic E-state index is -2.06. The molecule has 0 saturated carbocycles. The fourth-order valence-corrected chi connectivity index (χ4v) is 4.08. The summed E-state index contributed by atoms with van der Waals surface area (Å²) in [6.07, 6.45) is -6.96. The molecule has 9 atom stereocenters. The van der Waals surface area contributed by atoms with Gasteiger partial charge in [0.2, 0.25) is 6.29 Å². The van der Waals surface area contributed by atoms with Gasteiger partial charge in [-0.25, -0.2) is 4.79 Å². The van der Waals surface area contributed by atoms with Gasteiger partial charge in [0.05, 0.1) is 18.8 Å². The van der Waals surface area contributed by atoms with Crippen LogP contribution in [0, 0.1) is 0 Å². The third-order valence-corrected chi connectivity index (χ3v) is 6.83. The Hall–Kier alpha value is -2.59. The topological polar surface area (TPSA) is 205 Å². The Balaban J connectivity index is 1.63. The molecule has 0 amide bonds. The van der Waals surface area contributed by atoms with Crippen LogP contribution in [-0.2, 0) is 23.7 Å². The van der Waals surface area contributed by atoms with Crippen LogP contribution in [0.5, 0.6) is 11.5 Å². The predicted octanol–water partition coefficient (Wildman–Crippen LogP) is -0.750. The number of benzene rings is 1. The number of aliphatic hydroxyl groups excluding tert-OH is 4. The van der Waals surface area contributed by atoms with Gasteiger partial charge >= 0.3 is 5.97 Å². The lowest BCUT2D eigenvalue weighted by molar-refractivity contribution is -0.318. The van der Waals surface area contributed by atoms with E-state index >= 15 is 0 Å². The number of ether oxygens (including phenoxy) is 5. The molecule has 224 valence electrons. The monoisotopic (exact) mass is 570 g/mol. The summed E-state index contributed by atoms with van der Waals surface area (Å²) >= 11 is 0. The normalized spacial score (nSPS) is 34.2. The first-order valence-electron chi connectivity index (χ1n) is 12.8. The summed E-state index contributed by atoms with van der Waals surface area (Å²) in [6.45, 7) is 4.85. The molecule has 40 heavy (non-hydrogen) atoms. The van der Waals surface area contributed by atoms with Crippen LogP contribution in [0.3, 0.4) is 0 Å². The average molecular weight is 571 g/mol. The van der Waals surface area contributed by atoms with Gasteiger partial charge in [-0.3, -0.25) is 0 Å². The Bertz CT molecular complexity index is 1030. The number of hydrogen-bond acceptors (Lipinski definition) is 13. The van der Waals surface area contributed by atoms with Crippen LogP contribution in [0.15, 0.2) is 48.6 Å². The van der Waals surface area contributed by atoms with Crippen LogP contribution < -0.4 is 4.74 Å². The van der Waals surface area contributed by atoms with Gasteiger partial charge in [-0.1, -0.05) is 12.2 Å². The van der Waals surface area contributed by atoms with Crippen LogP contribution in [0.2, 0.25) is 0 Å². The van der Waals surface area contributed by atoms with E-state index in [0.29, 0.717) is 12.8 Å². The number of phenolic OH excluding ortho intramolecular Hbond substituents is 1. The van der Waals surface area contributed by atoms with Gasteiger partial charge in [-0.2, -0.15) is 0 Å². The first-order chi connectivity index (χ1) is 18.8. The fourth-order valence-electron chi connectivity index (χ4n) is 4.08.